The van der Waals surface area contributed by atoms with Gasteiger partial charge >= 0.3 is 0 Å². The predicted octanol–water partition coefficient (Wildman–Crippen LogP) is 3.33. The van der Waals surface area contributed by atoms with Gasteiger partial charge in [0.15, 0.2) is 0 Å². The molecule has 0 nitrogen and oxygen atoms in total. The van der Waals surface area contributed by atoms with Gasteiger partial charge in [-0.1, -0.05) is 50.3 Å². The summed E-state index contributed by atoms with van der Waals surface area (Å²) in [6, 6.07) is 0. The maximum Gasteiger partial charge on any atom is -0.0225 e. The maximum absolute atomic E-state index is 3.92. The second kappa shape index (κ2) is 4.10. The van der Waals surface area contributed by atoms with Gasteiger partial charge in [-0.2, -0.15) is 0 Å². The largest absolute Gasteiger partial charge is 0.0988 e. The van der Waals surface area contributed by atoms with Crippen LogP contribution in [0, 0.1) is 5.92 Å². The SMILES string of the molecule is C=C/C(C)=C\C(=C)C(C)C. The third-order valence-electron chi connectivity index (χ3n) is 1.48. The fraction of sp³-hybridized carbons (Fsp3) is 0.400. The molecule has 0 unspecified atom stereocenters. The highest BCUT2D eigenvalue weighted by atomic mass is 14.0. The summed E-state index contributed by atoms with van der Waals surface area (Å²) in [6.07, 6.45) is 3.91. The van der Waals surface area contributed by atoms with Crippen molar-refractivity contribution in [2.45, 2.75) is 20.8 Å². The van der Waals surface area contributed by atoms with Crippen LogP contribution in [0.15, 0.2) is 36.5 Å². The number of rotatable bonds is 3. The maximum atomic E-state index is 3.92. The summed E-state index contributed by atoms with van der Waals surface area (Å²) < 4.78 is 0. The Kier molecular flexibility index (Phi) is 3.78. The molecule has 0 saturated carbocycles. The normalized spacial score (nSPS) is 11.8. The van der Waals surface area contributed by atoms with Crippen LogP contribution in [0.25, 0.3) is 0 Å². The Morgan fingerprint density at radius 1 is 1.40 bits per heavy atom. The zero-order chi connectivity index (χ0) is 8.15. The van der Waals surface area contributed by atoms with Gasteiger partial charge in [-0.15, -0.1) is 0 Å². The Labute approximate surface area is 64.0 Å². The zero-order valence-corrected chi connectivity index (χ0v) is 7.15. The lowest BCUT2D eigenvalue weighted by molar-refractivity contribution is 0.794. The quantitative estimate of drug-likeness (QED) is 0.522. The van der Waals surface area contributed by atoms with Crippen molar-refractivity contribution < 1.29 is 0 Å². The Morgan fingerprint density at radius 2 is 1.90 bits per heavy atom. The van der Waals surface area contributed by atoms with Crippen LogP contribution in [-0.4, -0.2) is 0 Å². The first-order valence-electron chi connectivity index (χ1n) is 3.57. The molecule has 0 aromatic carbocycles. The van der Waals surface area contributed by atoms with E-state index in [0.717, 1.165) is 5.57 Å². The van der Waals surface area contributed by atoms with E-state index in [4.69, 9.17) is 0 Å². The highest BCUT2D eigenvalue weighted by Gasteiger charge is 1.94. The van der Waals surface area contributed by atoms with Gasteiger partial charge in [0, 0.05) is 0 Å². The molecule has 0 radical (unpaired) electrons. The molecule has 0 aliphatic carbocycles. The minimum atomic E-state index is 0.537. The van der Waals surface area contributed by atoms with E-state index in [0.29, 0.717) is 5.92 Å². The number of allylic oxidation sites excluding steroid dienone is 4. The van der Waals surface area contributed by atoms with Crippen LogP contribution in [0.4, 0.5) is 0 Å². The van der Waals surface area contributed by atoms with Gasteiger partial charge in [-0.3, -0.25) is 0 Å². The lowest BCUT2D eigenvalue weighted by Crippen LogP contribution is -1.88. The smallest absolute Gasteiger partial charge is 0.0225 e. The predicted molar refractivity (Wildman–Crippen MR) is 47.9 cm³/mol. The standard InChI is InChI=1S/C10H16/c1-6-9(4)7-10(5)8(2)3/h6-8H,1,5H2,2-4H3/b9-7-. The molecular weight excluding hydrogens is 120 g/mol. The molecule has 56 valence electrons. The molecule has 0 aromatic heterocycles. The molecule has 0 aromatic rings. The summed E-state index contributed by atoms with van der Waals surface area (Å²) in [7, 11) is 0. The molecule has 0 bridgehead atoms. The van der Waals surface area contributed by atoms with Gasteiger partial charge in [-0.25, -0.2) is 0 Å². The zero-order valence-electron chi connectivity index (χ0n) is 7.15. The summed E-state index contributed by atoms with van der Waals surface area (Å²) in [6.45, 7) is 13.9. The van der Waals surface area contributed by atoms with Gasteiger partial charge in [0.05, 0.1) is 0 Å². The molecule has 0 heterocycles. The van der Waals surface area contributed by atoms with Crippen LogP contribution in [0.5, 0.6) is 0 Å². The first-order chi connectivity index (χ1) is 4.57. The van der Waals surface area contributed by atoms with E-state index in [9.17, 15) is 0 Å². The van der Waals surface area contributed by atoms with Crippen molar-refractivity contribution in [2.75, 3.05) is 0 Å². The van der Waals surface area contributed by atoms with Crippen LogP contribution in [-0.2, 0) is 0 Å². The number of hydrogen-bond donors (Lipinski definition) is 0. The second-order valence-electron chi connectivity index (χ2n) is 2.82. The van der Waals surface area contributed by atoms with Crippen molar-refractivity contribution in [3.05, 3.63) is 36.5 Å². The minimum absolute atomic E-state index is 0.537. The van der Waals surface area contributed by atoms with Gasteiger partial charge in [-0.05, 0) is 12.8 Å². The third-order valence-corrected chi connectivity index (χ3v) is 1.48. The van der Waals surface area contributed by atoms with Crippen molar-refractivity contribution in [1.29, 1.82) is 0 Å². The molecule has 0 aliphatic rings. The minimum Gasteiger partial charge on any atom is -0.0988 e. The molecule has 0 N–H and O–H groups in total. The van der Waals surface area contributed by atoms with E-state index in [2.05, 4.69) is 33.1 Å². The van der Waals surface area contributed by atoms with Gasteiger partial charge in [0.25, 0.3) is 0 Å². The summed E-state index contributed by atoms with van der Waals surface area (Å²) >= 11 is 0. The van der Waals surface area contributed by atoms with E-state index < -0.39 is 0 Å². The average molecular weight is 136 g/mol. The Bertz CT molecular complexity index is 159. The fourth-order valence-electron chi connectivity index (χ4n) is 0.518. The molecule has 0 spiro atoms. The van der Waals surface area contributed by atoms with Gasteiger partial charge in [0.2, 0.25) is 0 Å². The highest BCUT2D eigenvalue weighted by Crippen LogP contribution is 2.10. The molecule has 0 rings (SSSR count). The van der Waals surface area contributed by atoms with Crippen LogP contribution >= 0.6 is 0 Å². The highest BCUT2D eigenvalue weighted by molar-refractivity contribution is 5.26. The van der Waals surface area contributed by atoms with Crippen molar-refractivity contribution in [2.24, 2.45) is 5.92 Å². The van der Waals surface area contributed by atoms with E-state index in [1.54, 1.807) is 0 Å². The Morgan fingerprint density at radius 3 is 2.20 bits per heavy atom. The summed E-state index contributed by atoms with van der Waals surface area (Å²) in [5.41, 5.74) is 2.34. The van der Waals surface area contributed by atoms with E-state index in [-0.39, 0.29) is 0 Å². The van der Waals surface area contributed by atoms with Crippen molar-refractivity contribution >= 4 is 0 Å². The van der Waals surface area contributed by atoms with Crippen molar-refractivity contribution in [3.63, 3.8) is 0 Å². The van der Waals surface area contributed by atoms with Crippen LogP contribution in [0.2, 0.25) is 0 Å². The average Bonchev–Trinajstić information content (AvgIpc) is 1.87. The molecule has 0 fully saturated rings. The van der Waals surface area contributed by atoms with Gasteiger partial charge < -0.3 is 0 Å². The second-order valence-corrected chi connectivity index (χ2v) is 2.82. The Balaban J connectivity index is 4.13. The third kappa shape index (κ3) is 3.29. The summed E-state index contributed by atoms with van der Waals surface area (Å²) in [4.78, 5) is 0. The van der Waals surface area contributed by atoms with Crippen LogP contribution < -0.4 is 0 Å². The van der Waals surface area contributed by atoms with Gasteiger partial charge in [0.1, 0.15) is 0 Å². The summed E-state index contributed by atoms with van der Waals surface area (Å²) in [5, 5.41) is 0. The summed E-state index contributed by atoms with van der Waals surface area (Å²) in [5.74, 6) is 0.537. The topological polar surface area (TPSA) is 0 Å². The van der Waals surface area contributed by atoms with E-state index in [1.165, 1.54) is 5.57 Å². The molecule has 0 aliphatic heterocycles. The number of hydrogen-bond acceptors (Lipinski definition) is 0. The van der Waals surface area contributed by atoms with Crippen molar-refractivity contribution in [3.8, 4) is 0 Å². The molecule has 0 amide bonds. The first kappa shape index (κ1) is 9.22. The lowest BCUT2D eigenvalue weighted by atomic mass is 10.0. The lowest BCUT2D eigenvalue weighted by Gasteiger charge is -2.03. The molecule has 10 heavy (non-hydrogen) atoms. The van der Waals surface area contributed by atoms with Crippen molar-refractivity contribution in [1.82, 2.24) is 0 Å². The molecular formula is C10H16. The van der Waals surface area contributed by atoms with E-state index >= 15 is 0 Å². The molecule has 0 saturated heterocycles. The monoisotopic (exact) mass is 136 g/mol. The van der Waals surface area contributed by atoms with E-state index in [1.807, 2.05) is 13.0 Å². The fourth-order valence-corrected chi connectivity index (χ4v) is 0.518. The first-order valence-corrected chi connectivity index (χ1v) is 3.57. The van der Waals surface area contributed by atoms with Crippen LogP contribution in [0.1, 0.15) is 20.8 Å². The van der Waals surface area contributed by atoms with Crippen LogP contribution in [0.3, 0.4) is 0 Å². The molecule has 0 atom stereocenters. The molecule has 0 heteroatoms. The Hall–Kier alpha value is -0.780.